The van der Waals surface area contributed by atoms with Crippen molar-refractivity contribution in [2.45, 2.75) is 0 Å². The van der Waals surface area contributed by atoms with Crippen LogP contribution in [0.25, 0.3) is 10.9 Å². The van der Waals surface area contributed by atoms with E-state index in [9.17, 15) is 9.59 Å². The highest BCUT2D eigenvalue weighted by atomic mass is 79.9. The van der Waals surface area contributed by atoms with E-state index in [0.29, 0.717) is 21.7 Å². The number of hydrogen-bond acceptors (Lipinski definition) is 2. The van der Waals surface area contributed by atoms with E-state index < -0.39 is 5.97 Å². The van der Waals surface area contributed by atoms with Gasteiger partial charge in [0.1, 0.15) is 0 Å². The van der Waals surface area contributed by atoms with E-state index >= 15 is 0 Å². The van der Waals surface area contributed by atoms with E-state index in [0.717, 1.165) is 0 Å². The summed E-state index contributed by atoms with van der Waals surface area (Å²) >= 11 is 3.26. The van der Waals surface area contributed by atoms with Crippen molar-refractivity contribution >= 4 is 39.1 Å². The van der Waals surface area contributed by atoms with E-state index in [4.69, 9.17) is 5.11 Å². The van der Waals surface area contributed by atoms with Crippen LogP contribution in [-0.4, -0.2) is 22.3 Å². The molecule has 0 aliphatic heterocycles. The van der Waals surface area contributed by atoms with Gasteiger partial charge in [0.15, 0.2) is 6.29 Å². The molecule has 15 heavy (non-hydrogen) atoms. The monoisotopic (exact) mass is 267 g/mol. The van der Waals surface area contributed by atoms with Crippen molar-refractivity contribution in [3.63, 3.8) is 0 Å². The molecule has 0 aliphatic carbocycles. The molecule has 0 fully saturated rings. The predicted octanol–water partition coefficient (Wildman–Crippen LogP) is 2.44. The highest BCUT2D eigenvalue weighted by Gasteiger charge is 2.18. The molecule has 0 unspecified atom stereocenters. The fraction of sp³-hybridized carbons (Fsp3) is 0. The number of H-pyrrole nitrogens is 1. The van der Waals surface area contributed by atoms with Gasteiger partial charge in [0, 0.05) is 15.4 Å². The van der Waals surface area contributed by atoms with Crippen LogP contribution in [0.3, 0.4) is 0 Å². The number of carbonyl (C=O) groups is 2. The molecule has 4 nitrogen and oxygen atoms in total. The molecule has 0 saturated carbocycles. The van der Waals surface area contributed by atoms with Crippen molar-refractivity contribution < 1.29 is 14.7 Å². The fourth-order valence-corrected chi connectivity index (χ4v) is 2.10. The van der Waals surface area contributed by atoms with Crippen LogP contribution in [0.1, 0.15) is 20.8 Å². The Morgan fingerprint density at radius 1 is 1.47 bits per heavy atom. The van der Waals surface area contributed by atoms with Crippen LogP contribution in [0, 0.1) is 0 Å². The van der Waals surface area contributed by atoms with Crippen molar-refractivity contribution in [2.75, 3.05) is 0 Å². The van der Waals surface area contributed by atoms with Gasteiger partial charge in [0.2, 0.25) is 0 Å². The summed E-state index contributed by atoms with van der Waals surface area (Å²) in [6, 6.07) is 5.22. The molecule has 2 rings (SSSR count). The van der Waals surface area contributed by atoms with Gasteiger partial charge in [-0.3, -0.25) is 4.79 Å². The lowest BCUT2D eigenvalue weighted by atomic mass is 10.1. The van der Waals surface area contributed by atoms with Crippen LogP contribution in [0.4, 0.5) is 0 Å². The number of hydrogen-bond donors (Lipinski definition) is 2. The van der Waals surface area contributed by atoms with Gasteiger partial charge in [-0.1, -0.05) is 22.0 Å². The summed E-state index contributed by atoms with van der Waals surface area (Å²) in [6.45, 7) is 0. The van der Waals surface area contributed by atoms with Gasteiger partial charge < -0.3 is 10.1 Å². The quantitative estimate of drug-likeness (QED) is 0.822. The van der Waals surface area contributed by atoms with Gasteiger partial charge in [-0.15, -0.1) is 0 Å². The number of carboxylic acid groups (broad SMARTS) is 1. The third-order valence-corrected chi connectivity index (χ3v) is 2.79. The Hall–Kier alpha value is -1.62. The molecule has 2 aromatic rings. The minimum atomic E-state index is -1.12. The highest BCUT2D eigenvalue weighted by molar-refractivity contribution is 9.10. The normalized spacial score (nSPS) is 10.5. The van der Waals surface area contributed by atoms with Crippen molar-refractivity contribution in [3.05, 3.63) is 33.9 Å². The SMILES string of the molecule is O=Cc1[nH]c2cccc(Br)c2c1C(=O)O. The Bertz CT molecular complexity index is 559. The Labute approximate surface area is 93.0 Å². The molecule has 5 heteroatoms. The van der Waals surface area contributed by atoms with Crippen molar-refractivity contribution in [3.8, 4) is 0 Å². The molecule has 0 saturated heterocycles. The molecule has 0 radical (unpaired) electrons. The van der Waals surface area contributed by atoms with E-state index in [2.05, 4.69) is 20.9 Å². The standard InChI is InChI=1S/C10H6BrNO3/c11-5-2-1-3-6-8(5)9(10(14)15)7(4-13)12-6/h1-4,12H,(H,14,15). The van der Waals surface area contributed by atoms with Gasteiger partial charge in [-0.25, -0.2) is 4.79 Å². The smallest absolute Gasteiger partial charge is 0.338 e. The first-order chi connectivity index (χ1) is 7.15. The average molecular weight is 268 g/mol. The molecular formula is C10H6BrNO3. The van der Waals surface area contributed by atoms with Crippen LogP contribution in [-0.2, 0) is 0 Å². The number of halogens is 1. The minimum Gasteiger partial charge on any atom is -0.478 e. The summed E-state index contributed by atoms with van der Waals surface area (Å²) in [5, 5.41) is 9.53. The first kappa shape index (κ1) is 9.92. The van der Waals surface area contributed by atoms with Gasteiger partial charge in [0.25, 0.3) is 0 Å². The van der Waals surface area contributed by atoms with E-state index in [-0.39, 0.29) is 11.3 Å². The second-order valence-electron chi connectivity index (χ2n) is 3.00. The lowest BCUT2D eigenvalue weighted by molar-refractivity contribution is 0.0696. The molecule has 0 aliphatic rings. The zero-order valence-electron chi connectivity index (χ0n) is 7.45. The number of rotatable bonds is 2. The molecule has 0 bridgehead atoms. The maximum Gasteiger partial charge on any atom is 0.338 e. The number of aromatic amines is 1. The summed E-state index contributed by atoms with van der Waals surface area (Å²) in [7, 11) is 0. The topological polar surface area (TPSA) is 70.2 Å². The van der Waals surface area contributed by atoms with E-state index in [1.54, 1.807) is 18.2 Å². The van der Waals surface area contributed by atoms with E-state index in [1.165, 1.54) is 0 Å². The van der Waals surface area contributed by atoms with Crippen molar-refractivity contribution in [1.82, 2.24) is 4.98 Å². The number of carbonyl (C=O) groups excluding carboxylic acids is 1. The molecule has 2 N–H and O–H groups in total. The maximum absolute atomic E-state index is 11.0. The Morgan fingerprint density at radius 3 is 2.80 bits per heavy atom. The van der Waals surface area contributed by atoms with E-state index in [1.807, 2.05) is 0 Å². The maximum atomic E-state index is 11.0. The lowest BCUT2D eigenvalue weighted by Crippen LogP contribution is -1.99. The second-order valence-corrected chi connectivity index (χ2v) is 3.85. The van der Waals surface area contributed by atoms with Gasteiger partial charge in [0.05, 0.1) is 11.3 Å². The summed E-state index contributed by atoms with van der Waals surface area (Å²) in [5.74, 6) is -1.12. The Kier molecular flexibility index (Phi) is 2.32. The molecule has 0 atom stereocenters. The van der Waals surface area contributed by atoms with Gasteiger partial charge in [-0.2, -0.15) is 0 Å². The number of aromatic carboxylic acids is 1. The largest absolute Gasteiger partial charge is 0.478 e. The summed E-state index contributed by atoms with van der Waals surface area (Å²) in [4.78, 5) is 24.5. The van der Waals surface area contributed by atoms with Crippen LogP contribution in [0.5, 0.6) is 0 Å². The third kappa shape index (κ3) is 1.45. The van der Waals surface area contributed by atoms with Crippen LogP contribution in [0.15, 0.2) is 22.7 Å². The first-order valence-electron chi connectivity index (χ1n) is 4.14. The fourth-order valence-electron chi connectivity index (χ4n) is 1.54. The summed E-state index contributed by atoms with van der Waals surface area (Å²) in [6.07, 6.45) is 0.510. The third-order valence-electron chi connectivity index (χ3n) is 2.13. The van der Waals surface area contributed by atoms with Gasteiger partial charge >= 0.3 is 5.97 Å². The highest BCUT2D eigenvalue weighted by Crippen LogP contribution is 2.28. The average Bonchev–Trinajstić information content (AvgIpc) is 2.57. The molecule has 1 aromatic heterocycles. The number of nitrogens with one attached hydrogen (secondary N) is 1. The predicted molar refractivity (Wildman–Crippen MR) is 58.3 cm³/mol. The molecule has 1 heterocycles. The summed E-state index contributed by atoms with van der Waals surface area (Å²) < 4.78 is 0.654. The molecular weight excluding hydrogens is 262 g/mol. The lowest BCUT2D eigenvalue weighted by Gasteiger charge is -1.95. The minimum absolute atomic E-state index is 0.00692. The van der Waals surface area contributed by atoms with Crippen molar-refractivity contribution in [1.29, 1.82) is 0 Å². The Morgan fingerprint density at radius 2 is 2.20 bits per heavy atom. The van der Waals surface area contributed by atoms with Crippen molar-refractivity contribution in [2.24, 2.45) is 0 Å². The number of fused-ring (bicyclic) bond motifs is 1. The molecule has 0 amide bonds. The van der Waals surface area contributed by atoms with Crippen LogP contribution < -0.4 is 0 Å². The number of carboxylic acids is 1. The second kappa shape index (κ2) is 3.51. The van der Waals surface area contributed by atoms with Crippen LogP contribution >= 0.6 is 15.9 Å². The van der Waals surface area contributed by atoms with Gasteiger partial charge in [-0.05, 0) is 12.1 Å². The summed E-state index contributed by atoms with van der Waals surface area (Å²) in [5.41, 5.74) is 0.723. The molecule has 76 valence electrons. The first-order valence-corrected chi connectivity index (χ1v) is 4.93. The Balaban J connectivity index is 2.94. The number of benzene rings is 1. The number of aromatic nitrogens is 1. The molecule has 1 aromatic carbocycles. The number of aldehydes is 1. The zero-order chi connectivity index (χ0) is 11.0. The zero-order valence-corrected chi connectivity index (χ0v) is 9.04. The molecule has 0 spiro atoms. The van der Waals surface area contributed by atoms with Crippen LogP contribution in [0.2, 0.25) is 0 Å².